The summed E-state index contributed by atoms with van der Waals surface area (Å²) in [6.45, 7) is 3.94. The fourth-order valence-electron chi connectivity index (χ4n) is 4.14. The lowest BCUT2D eigenvalue weighted by molar-refractivity contribution is -0.185. The van der Waals surface area contributed by atoms with Gasteiger partial charge in [0.2, 0.25) is 0 Å². The van der Waals surface area contributed by atoms with Crippen molar-refractivity contribution < 1.29 is 36.2 Å². The number of nitrogen functional groups attached to an aromatic ring is 2. The van der Waals surface area contributed by atoms with Crippen LogP contribution in [-0.4, -0.2) is 12.1 Å². The summed E-state index contributed by atoms with van der Waals surface area (Å²) in [5.41, 5.74) is 15.6. The lowest BCUT2D eigenvalue weighted by Crippen LogP contribution is -2.21. The molecule has 0 bridgehead atoms. The molecule has 10 heteroatoms. The molecule has 0 heterocycles. The minimum Gasteiger partial charge on any atom is -0.458 e. The topological polar surface area (TPSA) is 87.6 Å². The van der Waals surface area contributed by atoms with E-state index >= 15 is 0 Å². The number of benzene rings is 4. The Hall–Kier alpha value is -4.86. The fraction of sp³-hybridized carbons (Fsp3) is 0.125. The van der Waals surface area contributed by atoms with Crippen molar-refractivity contribution in [2.75, 3.05) is 11.5 Å². The van der Waals surface area contributed by atoms with Crippen LogP contribution in [0.2, 0.25) is 0 Å². The smallest absolute Gasteiger partial charge is 0.426 e. The van der Waals surface area contributed by atoms with Crippen LogP contribution in [0.5, 0.6) is 5.75 Å². The van der Waals surface area contributed by atoms with Gasteiger partial charge in [0.1, 0.15) is 12.4 Å². The molecule has 0 aliphatic carbocycles. The van der Waals surface area contributed by atoms with Gasteiger partial charge in [-0.25, -0.2) is 4.79 Å². The molecule has 5 nitrogen and oxygen atoms in total. The molecule has 0 fully saturated rings. The van der Waals surface area contributed by atoms with Crippen LogP contribution in [0.1, 0.15) is 27.8 Å². The zero-order chi connectivity index (χ0) is 30.5. The molecular weight excluding hydrogens is 555 g/mol. The lowest BCUT2D eigenvalue weighted by Gasteiger charge is -2.18. The van der Waals surface area contributed by atoms with Crippen LogP contribution in [0, 0.1) is 6.92 Å². The maximum atomic E-state index is 14.6. The van der Waals surface area contributed by atoms with Gasteiger partial charge in [-0.3, -0.25) is 0 Å². The zero-order valence-electron chi connectivity index (χ0n) is 22.1. The Morgan fingerprint density at radius 3 is 2.05 bits per heavy atom. The van der Waals surface area contributed by atoms with E-state index in [0.717, 1.165) is 53.6 Å². The summed E-state index contributed by atoms with van der Waals surface area (Å²) in [4.78, 5) is 12.4. The Bertz CT molecular complexity index is 1580. The predicted octanol–water partition coefficient (Wildman–Crippen LogP) is 7.69. The highest BCUT2D eigenvalue weighted by molar-refractivity contribution is 5.87. The van der Waals surface area contributed by atoms with Crippen molar-refractivity contribution in [1.29, 1.82) is 0 Å². The maximum Gasteiger partial charge on any atom is 0.426 e. The van der Waals surface area contributed by atoms with Gasteiger partial charge in [-0.2, -0.15) is 22.0 Å². The van der Waals surface area contributed by atoms with E-state index in [-0.39, 0.29) is 17.9 Å². The van der Waals surface area contributed by atoms with Crippen LogP contribution in [0.15, 0.2) is 91.0 Å². The number of anilines is 2. The molecule has 42 heavy (non-hydrogen) atoms. The van der Waals surface area contributed by atoms with Gasteiger partial charge in [0.15, 0.2) is 0 Å². The summed E-state index contributed by atoms with van der Waals surface area (Å²) in [5.74, 6) is -0.953. The third-order valence-corrected chi connectivity index (χ3v) is 6.15. The highest BCUT2D eigenvalue weighted by Crippen LogP contribution is 2.33. The van der Waals surface area contributed by atoms with Gasteiger partial charge in [-0.05, 0) is 94.9 Å². The number of hydrogen-bond acceptors (Lipinski definition) is 5. The minimum atomic E-state index is -4.41. The molecule has 4 aromatic carbocycles. The summed E-state index contributed by atoms with van der Waals surface area (Å²) in [5, 5.41) is 0. The fourth-order valence-corrected chi connectivity index (χ4v) is 4.14. The summed E-state index contributed by atoms with van der Waals surface area (Å²) < 4.78 is 76.9. The number of esters is 1. The molecule has 0 spiro atoms. The van der Waals surface area contributed by atoms with E-state index in [1.807, 2.05) is 6.07 Å². The molecular formula is C32H26F5N2O3. The number of ether oxygens (including phenoxy) is 2. The highest BCUT2D eigenvalue weighted by atomic mass is 19.4. The van der Waals surface area contributed by atoms with Crippen LogP contribution >= 0.6 is 0 Å². The van der Waals surface area contributed by atoms with Crippen LogP contribution in [0.25, 0.3) is 17.2 Å². The van der Waals surface area contributed by atoms with Crippen molar-refractivity contribution in [2.24, 2.45) is 0 Å². The van der Waals surface area contributed by atoms with E-state index in [4.69, 9.17) is 20.9 Å². The van der Waals surface area contributed by atoms with E-state index in [1.54, 1.807) is 30.3 Å². The van der Waals surface area contributed by atoms with Crippen molar-refractivity contribution in [2.45, 2.75) is 25.3 Å². The first-order valence-corrected chi connectivity index (χ1v) is 12.6. The van der Waals surface area contributed by atoms with Gasteiger partial charge in [0.25, 0.3) is 0 Å². The quantitative estimate of drug-likeness (QED) is 0.0916. The number of nitrogens with two attached hydrogens (primary N) is 2. The predicted molar refractivity (Wildman–Crippen MR) is 151 cm³/mol. The number of carbonyl (C=O) groups excluding carboxylic acids is 1. The van der Waals surface area contributed by atoms with E-state index in [2.05, 4.69) is 6.92 Å². The largest absolute Gasteiger partial charge is 0.458 e. The van der Waals surface area contributed by atoms with Crippen molar-refractivity contribution in [3.8, 4) is 16.9 Å². The second kappa shape index (κ2) is 12.3. The van der Waals surface area contributed by atoms with Crippen molar-refractivity contribution in [1.82, 2.24) is 0 Å². The molecule has 0 unspecified atom stereocenters. The Morgan fingerprint density at radius 1 is 0.810 bits per heavy atom. The second-order valence-electron chi connectivity index (χ2n) is 9.45. The van der Waals surface area contributed by atoms with Crippen LogP contribution in [-0.2, 0) is 28.7 Å². The number of carbonyl (C=O) groups is 1. The Kier molecular flexibility index (Phi) is 8.84. The number of rotatable bonds is 9. The highest BCUT2D eigenvalue weighted by Gasteiger charge is 2.34. The van der Waals surface area contributed by atoms with Crippen LogP contribution < -0.4 is 16.2 Å². The summed E-state index contributed by atoms with van der Waals surface area (Å²) >= 11 is 0. The average molecular weight is 582 g/mol. The third-order valence-electron chi connectivity index (χ3n) is 6.15. The molecule has 0 aromatic heterocycles. The van der Waals surface area contributed by atoms with Gasteiger partial charge in [-0.1, -0.05) is 36.4 Å². The Balaban J connectivity index is 1.37. The molecule has 4 aromatic rings. The Labute approximate surface area is 239 Å². The minimum absolute atomic E-state index is 0.0737. The SMILES string of the molecule is [CH2]c1cc(N)ccc1-c1ccc(N)cc1COC(=O)/C=C/c1ccc(C(F)(F)Oc2ccc(CC(F)(F)F)cc2)cc1. The monoisotopic (exact) mass is 581 g/mol. The summed E-state index contributed by atoms with van der Waals surface area (Å²) in [7, 11) is 0. The van der Waals surface area contributed by atoms with Gasteiger partial charge < -0.3 is 20.9 Å². The first-order chi connectivity index (χ1) is 19.8. The van der Waals surface area contributed by atoms with Crippen LogP contribution in [0.4, 0.5) is 33.3 Å². The van der Waals surface area contributed by atoms with Gasteiger partial charge >= 0.3 is 18.3 Å². The van der Waals surface area contributed by atoms with Crippen molar-refractivity contribution in [3.05, 3.63) is 126 Å². The second-order valence-corrected chi connectivity index (χ2v) is 9.45. The molecule has 217 valence electrons. The summed E-state index contributed by atoms with van der Waals surface area (Å²) in [6.07, 6.45) is -6.77. The van der Waals surface area contributed by atoms with E-state index in [0.29, 0.717) is 28.1 Å². The van der Waals surface area contributed by atoms with E-state index in [1.165, 1.54) is 18.2 Å². The molecule has 4 N–H and O–H groups in total. The van der Waals surface area contributed by atoms with E-state index in [9.17, 15) is 26.7 Å². The maximum absolute atomic E-state index is 14.6. The number of halogens is 5. The first kappa shape index (κ1) is 30.1. The van der Waals surface area contributed by atoms with Crippen molar-refractivity contribution in [3.63, 3.8) is 0 Å². The molecule has 0 atom stereocenters. The Morgan fingerprint density at radius 2 is 1.43 bits per heavy atom. The molecule has 0 saturated heterocycles. The zero-order valence-corrected chi connectivity index (χ0v) is 22.1. The molecule has 0 aliphatic rings. The van der Waals surface area contributed by atoms with Gasteiger partial charge in [0.05, 0.1) is 12.0 Å². The normalized spacial score (nSPS) is 12.0. The van der Waals surface area contributed by atoms with Gasteiger partial charge in [-0.15, -0.1) is 0 Å². The number of alkyl halides is 5. The average Bonchev–Trinajstić information content (AvgIpc) is 2.91. The molecule has 1 radical (unpaired) electrons. The number of hydrogen-bond donors (Lipinski definition) is 2. The van der Waals surface area contributed by atoms with Gasteiger partial charge in [0, 0.05) is 17.5 Å². The van der Waals surface area contributed by atoms with Crippen molar-refractivity contribution >= 4 is 23.4 Å². The first-order valence-electron chi connectivity index (χ1n) is 12.6. The molecule has 4 rings (SSSR count). The van der Waals surface area contributed by atoms with E-state index < -0.39 is 30.2 Å². The standard InChI is InChI=1S/C32H26F5N2O3/c1-20-16-25(38)9-13-28(20)29-14-10-26(39)17-23(29)19-41-30(40)15-6-21-2-7-24(8-3-21)32(36,37)42-27-11-4-22(5-12-27)18-31(33,34)35/h2-17H,1,18-19,38-39H2/b15-6+. The summed E-state index contributed by atoms with van der Waals surface area (Å²) in [6, 6.07) is 19.7. The molecule has 0 aliphatic heterocycles. The third kappa shape index (κ3) is 8.09. The van der Waals surface area contributed by atoms with Crippen LogP contribution in [0.3, 0.4) is 0 Å². The molecule has 0 amide bonds. The molecule has 0 saturated carbocycles. The lowest BCUT2D eigenvalue weighted by atomic mass is 9.95.